The number of aromatic nitrogens is 3. The van der Waals surface area contributed by atoms with E-state index >= 15 is 0 Å². The maximum Gasteiger partial charge on any atom is 0.171 e. The Kier molecular flexibility index (Phi) is 2.61. The van der Waals surface area contributed by atoms with Crippen LogP contribution >= 0.6 is 22.9 Å². The van der Waals surface area contributed by atoms with Gasteiger partial charge in [0.1, 0.15) is 10.8 Å². The van der Waals surface area contributed by atoms with Gasteiger partial charge in [0.2, 0.25) is 0 Å². The maximum atomic E-state index is 5.97. The predicted molar refractivity (Wildman–Crippen MR) is 71.6 cm³/mol. The smallest absolute Gasteiger partial charge is 0.171 e. The highest BCUT2D eigenvalue weighted by atomic mass is 35.5. The van der Waals surface area contributed by atoms with Crippen molar-refractivity contribution in [3.8, 4) is 10.7 Å². The molecule has 3 heterocycles. The topological polar surface area (TPSA) is 41.6 Å². The summed E-state index contributed by atoms with van der Waals surface area (Å²) in [6, 6.07) is 5.91. The average molecular weight is 264 g/mol. The van der Waals surface area contributed by atoms with Gasteiger partial charge >= 0.3 is 0 Å². The second-order valence-electron chi connectivity index (χ2n) is 3.70. The van der Waals surface area contributed by atoms with Crippen LogP contribution in [0.1, 0.15) is 12.6 Å². The molecule has 3 nitrogen and oxygen atoms in total. The first-order valence-corrected chi connectivity index (χ1v) is 6.62. The second kappa shape index (κ2) is 4.13. The van der Waals surface area contributed by atoms with E-state index in [-0.39, 0.29) is 0 Å². The summed E-state index contributed by atoms with van der Waals surface area (Å²) in [4.78, 5) is 13.2. The minimum absolute atomic E-state index is 0.604. The van der Waals surface area contributed by atoms with Crippen molar-refractivity contribution >= 4 is 34.0 Å². The summed E-state index contributed by atoms with van der Waals surface area (Å²) < 4.78 is 0. The van der Waals surface area contributed by atoms with Crippen LogP contribution in [0.15, 0.2) is 23.6 Å². The Hall–Kier alpha value is -1.39. The predicted octanol–water partition coefficient (Wildman–Crippen LogP) is 3.90. The average Bonchev–Trinajstić information content (AvgIpc) is 2.94. The molecule has 1 N–H and O–H groups in total. The highest BCUT2D eigenvalue weighted by Crippen LogP contribution is 2.26. The summed E-state index contributed by atoms with van der Waals surface area (Å²) in [7, 11) is 0. The van der Waals surface area contributed by atoms with Crippen LogP contribution in [0.3, 0.4) is 0 Å². The van der Waals surface area contributed by atoms with E-state index in [4.69, 9.17) is 11.6 Å². The molecule has 86 valence electrons. The molecule has 0 spiro atoms. The third kappa shape index (κ3) is 1.83. The lowest BCUT2D eigenvalue weighted by Gasteiger charge is -2.01. The van der Waals surface area contributed by atoms with Gasteiger partial charge in [-0.3, -0.25) is 0 Å². The first kappa shape index (κ1) is 10.7. The summed E-state index contributed by atoms with van der Waals surface area (Å²) in [5, 5.41) is 3.64. The Labute approximate surface area is 107 Å². The van der Waals surface area contributed by atoms with Crippen LogP contribution in [0, 0.1) is 0 Å². The third-order valence-electron chi connectivity index (χ3n) is 2.61. The van der Waals surface area contributed by atoms with Crippen molar-refractivity contribution in [1.29, 1.82) is 0 Å². The standard InChI is InChI=1S/C12H10ClN3S/c1-2-8-7-6-10(13)15-11(7)16-12(14-8)9-4-3-5-17-9/h3-6H,2H2,1H3,(H,14,15,16). The fourth-order valence-electron chi connectivity index (χ4n) is 1.82. The van der Waals surface area contributed by atoms with E-state index in [1.165, 1.54) is 0 Å². The van der Waals surface area contributed by atoms with Crippen LogP contribution in [-0.4, -0.2) is 15.0 Å². The monoisotopic (exact) mass is 263 g/mol. The molecule has 3 aromatic rings. The van der Waals surface area contributed by atoms with Crippen LogP contribution in [0.4, 0.5) is 0 Å². The largest absolute Gasteiger partial charge is 0.330 e. The van der Waals surface area contributed by atoms with Crippen LogP contribution in [0.2, 0.25) is 5.15 Å². The van der Waals surface area contributed by atoms with Gasteiger partial charge in [0.25, 0.3) is 0 Å². The van der Waals surface area contributed by atoms with Gasteiger partial charge in [0.15, 0.2) is 5.82 Å². The minimum Gasteiger partial charge on any atom is -0.330 e. The molecule has 0 aliphatic carbocycles. The van der Waals surface area contributed by atoms with E-state index in [0.717, 1.165) is 33.8 Å². The number of H-pyrrole nitrogens is 1. The van der Waals surface area contributed by atoms with Gasteiger partial charge in [-0.15, -0.1) is 11.3 Å². The molecule has 5 heteroatoms. The lowest BCUT2D eigenvalue weighted by molar-refractivity contribution is 1.04. The van der Waals surface area contributed by atoms with Crippen molar-refractivity contribution < 1.29 is 0 Å². The molecular weight excluding hydrogens is 254 g/mol. The van der Waals surface area contributed by atoms with Gasteiger partial charge in [-0.2, -0.15) is 0 Å². The Balaban J connectivity index is 2.28. The number of nitrogens with zero attached hydrogens (tertiary/aromatic N) is 2. The van der Waals surface area contributed by atoms with Crippen molar-refractivity contribution in [2.24, 2.45) is 0 Å². The fourth-order valence-corrected chi connectivity index (χ4v) is 2.68. The zero-order chi connectivity index (χ0) is 11.8. The summed E-state index contributed by atoms with van der Waals surface area (Å²) >= 11 is 7.61. The second-order valence-corrected chi connectivity index (χ2v) is 5.06. The van der Waals surface area contributed by atoms with E-state index in [1.54, 1.807) is 11.3 Å². The SMILES string of the molecule is CCc1nc(-c2cccs2)nc2[nH]c(Cl)cc12. The number of halogens is 1. The quantitative estimate of drug-likeness (QED) is 0.762. The van der Waals surface area contributed by atoms with Crippen LogP contribution < -0.4 is 0 Å². The molecular formula is C12H10ClN3S. The number of fused-ring (bicyclic) bond motifs is 1. The molecule has 0 aliphatic heterocycles. The molecule has 0 unspecified atom stereocenters. The lowest BCUT2D eigenvalue weighted by atomic mass is 10.2. The fraction of sp³-hybridized carbons (Fsp3) is 0.167. The molecule has 0 saturated heterocycles. The minimum atomic E-state index is 0.604. The van der Waals surface area contributed by atoms with Gasteiger partial charge in [-0.25, -0.2) is 9.97 Å². The Bertz CT molecular complexity index is 658. The first-order valence-electron chi connectivity index (χ1n) is 5.37. The van der Waals surface area contributed by atoms with Crippen molar-refractivity contribution in [1.82, 2.24) is 15.0 Å². The molecule has 0 radical (unpaired) electrons. The molecule has 3 rings (SSSR count). The molecule has 0 aliphatic rings. The Morgan fingerprint density at radius 2 is 2.29 bits per heavy atom. The van der Waals surface area contributed by atoms with Gasteiger partial charge in [0, 0.05) is 5.39 Å². The lowest BCUT2D eigenvalue weighted by Crippen LogP contribution is -1.94. The zero-order valence-corrected chi connectivity index (χ0v) is 10.8. The van der Waals surface area contributed by atoms with Gasteiger partial charge in [-0.05, 0) is 23.9 Å². The maximum absolute atomic E-state index is 5.97. The number of hydrogen-bond donors (Lipinski definition) is 1. The summed E-state index contributed by atoms with van der Waals surface area (Å²) in [6.45, 7) is 2.08. The summed E-state index contributed by atoms with van der Waals surface area (Å²) in [6.07, 6.45) is 0.867. The van der Waals surface area contributed by atoms with Crippen LogP contribution in [0.25, 0.3) is 21.7 Å². The van der Waals surface area contributed by atoms with Crippen molar-refractivity contribution in [2.75, 3.05) is 0 Å². The molecule has 0 bridgehead atoms. The van der Waals surface area contributed by atoms with Crippen LogP contribution in [-0.2, 0) is 6.42 Å². The van der Waals surface area contributed by atoms with E-state index in [0.29, 0.717) is 5.15 Å². The van der Waals surface area contributed by atoms with Gasteiger partial charge < -0.3 is 4.98 Å². The van der Waals surface area contributed by atoms with Crippen molar-refractivity contribution in [3.05, 3.63) is 34.4 Å². The van der Waals surface area contributed by atoms with E-state index in [1.807, 2.05) is 23.6 Å². The van der Waals surface area contributed by atoms with Crippen LogP contribution in [0.5, 0.6) is 0 Å². The third-order valence-corrected chi connectivity index (χ3v) is 3.68. The molecule has 17 heavy (non-hydrogen) atoms. The number of aryl methyl sites for hydroxylation is 1. The summed E-state index contributed by atoms with van der Waals surface area (Å²) in [5.41, 5.74) is 1.84. The normalized spacial score (nSPS) is 11.2. The van der Waals surface area contributed by atoms with E-state index in [2.05, 4.69) is 21.9 Å². The van der Waals surface area contributed by atoms with Crippen molar-refractivity contribution in [2.45, 2.75) is 13.3 Å². The highest BCUT2D eigenvalue weighted by Gasteiger charge is 2.11. The highest BCUT2D eigenvalue weighted by molar-refractivity contribution is 7.13. The molecule has 0 saturated carbocycles. The van der Waals surface area contributed by atoms with E-state index < -0.39 is 0 Å². The van der Waals surface area contributed by atoms with E-state index in [9.17, 15) is 0 Å². The van der Waals surface area contributed by atoms with Crippen molar-refractivity contribution in [3.63, 3.8) is 0 Å². The Morgan fingerprint density at radius 3 is 3.00 bits per heavy atom. The number of thiophene rings is 1. The molecule has 0 amide bonds. The number of rotatable bonds is 2. The molecule has 0 aromatic carbocycles. The summed E-state index contributed by atoms with van der Waals surface area (Å²) in [5.74, 6) is 0.767. The Morgan fingerprint density at radius 1 is 1.41 bits per heavy atom. The zero-order valence-electron chi connectivity index (χ0n) is 9.20. The van der Waals surface area contributed by atoms with Gasteiger partial charge in [0.05, 0.1) is 10.6 Å². The molecule has 0 fully saturated rings. The first-order chi connectivity index (χ1) is 8.28. The molecule has 3 aromatic heterocycles. The number of nitrogens with one attached hydrogen (secondary N) is 1. The number of aromatic amines is 1. The van der Waals surface area contributed by atoms with Gasteiger partial charge in [-0.1, -0.05) is 24.6 Å². The number of hydrogen-bond acceptors (Lipinski definition) is 3. The molecule has 0 atom stereocenters.